The topological polar surface area (TPSA) is 55.1 Å². The minimum Gasteiger partial charge on any atom is -0.441 e. The third kappa shape index (κ3) is 3.22. The molecular weight excluding hydrogens is 240 g/mol. The molecule has 0 atom stereocenters. The highest BCUT2D eigenvalue weighted by Crippen LogP contribution is 2.23. The largest absolute Gasteiger partial charge is 0.441 e. The molecular formula is C15H18N2O2. The van der Waals surface area contributed by atoms with Gasteiger partial charge in [-0.3, -0.25) is 4.79 Å². The number of carbonyl (C=O) groups is 1. The van der Waals surface area contributed by atoms with Crippen molar-refractivity contribution in [2.75, 3.05) is 5.32 Å². The first kappa shape index (κ1) is 13.3. The molecule has 4 nitrogen and oxygen atoms in total. The quantitative estimate of drug-likeness (QED) is 0.894. The number of aromatic nitrogens is 1. The maximum Gasteiger partial charge on any atom is 0.229 e. The Hall–Kier alpha value is -2.10. The molecule has 1 heterocycles. The Morgan fingerprint density at radius 1 is 1.21 bits per heavy atom. The van der Waals surface area contributed by atoms with Crippen molar-refractivity contribution >= 4 is 11.6 Å². The molecule has 0 fully saturated rings. The number of anilines is 1. The lowest BCUT2D eigenvalue weighted by molar-refractivity contribution is -0.123. The van der Waals surface area contributed by atoms with Crippen LogP contribution in [0.25, 0.3) is 11.3 Å². The Morgan fingerprint density at radius 2 is 1.84 bits per heavy atom. The summed E-state index contributed by atoms with van der Waals surface area (Å²) < 4.78 is 5.45. The van der Waals surface area contributed by atoms with E-state index in [1.807, 2.05) is 45.0 Å². The van der Waals surface area contributed by atoms with Crippen molar-refractivity contribution in [3.05, 3.63) is 36.4 Å². The molecule has 1 aromatic carbocycles. The van der Waals surface area contributed by atoms with Crippen LogP contribution in [0.3, 0.4) is 0 Å². The number of carbonyl (C=O) groups excluding carboxylic acids is 1. The van der Waals surface area contributed by atoms with Gasteiger partial charge in [0.25, 0.3) is 0 Å². The Labute approximate surface area is 112 Å². The van der Waals surface area contributed by atoms with Crippen LogP contribution in [0.4, 0.5) is 5.69 Å². The first-order valence-corrected chi connectivity index (χ1v) is 6.20. The minimum atomic E-state index is -0.402. The Bertz CT molecular complexity index is 577. The van der Waals surface area contributed by atoms with Crippen LogP contribution >= 0.6 is 0 Å². The Balaban J connectivity index is 2.13. The van der Waals surface area contributed by atoms with Gasteiger partial charge in [0, 0.05) is 23.6 Å². The molecule has 0 saturated heterocycles. The fourth-order valence-electron chi connectivity index (χ4n) is 1.53. The van der Waals surface area contributed by atoms with E-state index in [4.69, 9.17) is 4.42 Å². The number of nitrogens with one attached hydrogen (secondary N) is 1. The summed E-state index contributed by atoms with van der Waals surface area (Å²) in [6.45, 7) is 7.46. The van der Waals surface area contributed by atoms with Crippen molar-refractivity contribution in [3.63, 3.8) is 0 Å². The lowest BCUT2D eigenvalue weighted by atomic mass is 9.95. The average Bonchev–Trinajstić information content (AvgIpc) is 2.75. The maximum atomic E-state index is 11.9. The number of amides is 1. The van der Waals surface area contributed by atoms with E-state index in [0.717, 1.165) is 17.0 Å². The number of rotatable bonds is 2. The molecule has 4 heteroatoms. The normalized spacial score (nSPS) is 11.4. The van der Waals surface area contributed by atoms with E-state index < -0.39 is 5.41 Å². The minimum absolute atomic E-state index is 0.00393. The van der Waals surface area contributed by atoms with E-state index in [-0.39, 0.29) is 5.91 Å². The lowest BCUT2D eigenvalue weighted by Gasteiger charge is -2.17. The highest BCUT2D eigenvalue weighted by atomic mass is 16.4. The van der Waals surface area contributed by atoms with Gasteiger partial charge in [0.1, 0.15) is 0 Å². The summed E-state index contributed by atoms with van der Waals surface area (Å²) in [7, 11) is 0. The third-order valence-corrected chi connectivity index (χ3v) is 2.73. The SMILES string of the molecule is Cc1ncc(-c2ccc(NC(=O)C(C)(C)C)cc2)o1. The second kappa shape index (κ2) is 4.88. The van der Waals surface area contributed by atoms with Crippen molar-refractivity contribution in [3.8, 4) is 11.3 Å². The number of hydrogen-bond donors (Lipinski definition) is 1. The molecule has 100 valence electrons. The fraction of sp³-hybridized carbons (Fsp3) is 0.333. The van der Waals surface area contributed by atoms with Gasteiger partial charge in [-0.05, 0) is 24.3 Å². The first-order valence-electron chi connectivity index (χ1n) is 6.20. The monoisotopic (exact) mass is 258 g/mol. The molecule has 0 aliphatic carbocycles. The molecule has 1 aromatic heterocycles. The van der Waals surface area contributed by atoms with Gasteiger partial charge in [0.15, 0.2) is 11.7 Å². The highest BCUT2D eigenvalue weighted by molar-refractivity contribution is 5.94. The zero-order valence-electron chi connectivity index (χ0n) is 11.7. The predicted molar refractivity (Wildman–Crippen MR) is 74.8 cm³/mol. The lowest BCUT2D eigenvalue weighted by Crippen LogP contribution is -2.27. The summed E-state index contributed by atoms with van der Waals surface area (Å²) in [6, 6.07) is 7.52. The van der Waals surface area contributed by atoms with Gasteiger partial charge in [-0.15, -0.1) is 0 Å². The predicted octanol–water partition coefficient (Wildman–Crippen LogP) is 3.63. The zero-order valence-corrected chi connectivity index (χ0v) is 11.7. The summed E-state index contributed by atoms with van der Waals surface area (Å²) in [4.78, 5) is 15.9. The molecule has 0 unspecified atom stereocenters. The Morgan fingerprint density at radius 3 is 2.32 bits per heavy atom. The molecule has 0 aliphatic heterocycles. The van der Waals surface area contributed by atoms with Gasteiger partial charge in [-0.2, -0.15) is 0 Å². The van der Waals surface area contributed by atoms with Crippen molar-refractivity contribution < 1.29 is 9.21 Å². The van der Waals surface area contributed by atoms with Gasteiger partial charge in [0.2, 0.25) is 5.91 Å². The summed E-state index contributed by atoms with van der Waals surface area (Å²) in [5.41, 5.74) is 1.31. The molecule has 0 saturated carbocycles. The highest BCUT2D eigenvalue weighted by Gasteiger charge is 2.21. The van der Waals surface area contributed by atoms with Gasteiger partial charge < -0.3 is 9.73 Å². The molecule has 0 radical (unpaired) electrons. The summed E-state index contributed by atoms with van der Waals surface area (Å²) >= 11 is 0. The van der Waals surface area contributed by atoms with Crippen LogP contribution < -0.4 is 5.32 Å². The Kier molecular flexibility index (Phi) is 3.42. The number of nitrogens with zero attached hydrogens (tertiary/aromatic N) is 1. The molecule has 0 aliphatic rings. The van der Waals surface area contributed by atoms with Crippen LogP contribution in [-0.4, -0.2) is 10.9 Å². The maximum absolute atomic E-state index is 11.9. The molecule has 1 amide bonds. The van der Waals surface area contributed by atoms with Crippen LogP contribution in [0.5, 0.6) is 0 Å². The standard InChI is InChI=1S/C15H18N2O2/c1-10-16-9-13(19-10)11-5-7-12(8-6-11)17-14(18)15(2,3)4/h5-9H,1-4H3,(H,17,18). The molecule has 19 heavy (non-hydrogen) atoms. The molecule has 0 bridgehead atoms. The smallest absolute Gasteiger partial charge is 0.229 e. The van der Waals surface area contributed by atoms with Gasteiger partial charge >= 0.3 is 0 Å². The molecule has 0 spiro atoms. The summed E-state index contributed by atoms with van der Waals surface area (Å²) in [5, 5.41) is 2.88. The van der Waals surface area contributed by atoms with Crippen molar-refractivity contribution in [1.29, 1.82) is 0 Å². The van der Waals surface area contributed by atoms with Crippen LogP contribution in [0, 0.1) is 12.3 Å². The molecule has 2 rings (SSSR count). The van der Waals surface area contributed by atoms with Crippen LogP contribution in [0.2, 0.25) is 0 Å². The molecule has 1 N–H and O–H groups in total. The van der Waals surface area contributed by atoms with E-state index in [1.54, 1.807) is 13.1 Å². The van der Waals surface area contributed by atoms with E-state index in [0.29, 0.717) is 5.89 Å². The van der Waals surface area contributed by atoms with Crippen LogP contribution in [0.1, 0.15) is 26.7 Å². The number of oxazole rings is 1. The van der Waals surface area contributed by atoms with Crippen molar-refractivity contribution in [2.45, 2.75) is 27.7 Å². The zero-order chi connectivity index (χ0) is 14.0. The second-order valence-corrected chi connectivity index (χ2v) is 5.53. The van der Waals surface area contributed by atoms with E-state index >= 15 is 0 Å². The number of benzene rings is 1. The third-order valence-electron chi connectivity index (χ3n) is 2.73. The number of hydrogen-bond acceptors (Lipinski definition) is 3. The number of aryl methyl sites for hydroxylation is 1. The average molecular weight is 258 g/mol. The van der Waals surface area contributed by atoms with E-state index in [1.165, 1.54) is 0 Å². The van der Waals surface area contributed by atoms with Crippen LogP contribution in [-0.2, 0) is 4.79 Å². The first-order chi connectivity index (χ1) is 8.86. The summed E-state index contributed by atoms with van der Waals surface area (Å²) in [5.74, 6) is 1.36. The van der Waals surface area contributed by atoms with Gasteiger partial charge in [-0.25, -0.2) is 4.98 Å². The summed E-state index contributed by atoms with van der Waals surface area (Å²) in [6.07, 6.45) is 1.69. The van der Waals surface area contributed by atoms with Crippen molar-refractivity contribution in [2.24, 2.45) is 5.41 Å². The van der Waals surface area contributed by atoms with Crippen LogP contribution in [0.15, 0.2) is 34.9 Å². The van der Waals surface area contributed by atoms with Gasteiger partial charge in [0.05, 0.1) is 6.20 Å². The second-order valence-electron chi connectivity index (χ2n) is 5.53. The van der Waals surface area contributed by atoms with Gasteiger partial charge in [-0.1, -0.05) is 20.8 Å². The van der Waals surface area contributed by atoms with Crippen molar-refractivity contribution in [1.82, 2.24) is 4.98 Å². The van der Waals surface area contributed by atoms with E-state index in [2.05, 4.69) is 10.3 Å². The van der Waals surface area contributed by atoms with E-state index in [9.17, 15) is 4.79 Å². The molecule has 2 aromatic rings. The fourth-order valence-corrected chi connectivity index (χ4v) is 1.53.